The van der Waals surface area contributed by atoms with E-state index in [4.69, 9.17) is 9.47 Å². The summed E-state index contributed by atoms with van der Waals surface area (Å²) in [5.41, 5.74) is -0.734. The summed E-state index contributed by atoms with van der Waals surface area (Å²) in [6, 6.07) is 15.4. The second kappa shape index (κ2) is 8.31. The van der Waals surface area contributed by atoms with Crippen molar-refractivity contribution in [1.82, 2.24) is 4.57 Å². The van der Waals surface area contributed by atoms with Gasteiger partial charge in [0.15, 0.2) is 5.75 Å². The first-order valence-electron chi connectivity index (χ1n) is 9.07. The van der Waals surface area contributed by atoms with Gasteiger partial charge in [-0.15, -0.1) is 0 Å². The van der Waals surface area contributed by atoms with Crippen molar-refractivity contribution < 1.29 is 28.5 Å². The molecule has 9 heteroatoms. The zero-order chi connectivity index (χ0) is 21.9. The average molecular weight is 432 g/mol. The summed E-state index contributed by atoms with van der Waals surface area (Å²) in [5, 5.41) is 10.1. The predicted octanol–water partition coefficient (Wildman–Crippen LogP) is 5.91. The number of carbonyl (C=O) groups excluding carboxylic acids is 1. The summed E-state index contributed by atoms with van der Waals surface area (Å²) < 4.78 is 35.5. The van der Waals surface area contributed by atoms with Crippen LogP contribution in [0.15, 0.2) is 71.9 Å². The van der Waals surface area contributed by atoms with Gasteiger partial charge in [0, 0.05) is 6.20 Å². The summed E-state index contributed by atoms with van der Waals surface area (Å²) in [6.07, 6.45) is 1.65. The molecule has 3 aromatic rings. The molecule has 0 saturated heterocycles. The Morgan fingerprint density at radius 3 is 2.17 bits per heavy atom. The highest BCUT2D eigenvalue weighted by Gasteiger charge is 2.22. The van der Waals surface area contributed by atoms with Crippen LogP contribution < -0.4 is 9.46 Å². The molecular formula is C21H24N2O6S. The van der Waals surface area contributed by atoms with Crippen LogP contribution in [0.2, 0.25) is 0 Å². The van der Waals surface area contributed by atoms with E-state index in [0.717, 1.165) is 10.8 Å². The third-order valence-electron chi connectivity index (χ3n) is 3.79. The van der Waals surface area contributed by atoms with Crippen LogP contribution in [0.1, 0.15) is 20.8 Å². The SMILES string of the molecule is CC(C)(C)OC(=O)n1cc(O)c(NS(O)(O)c2ccc(Oc3ccccc3)cc2)c1. The number of ether oxygens (including phenoxy) is 2. The van der Waals surface area contributed by atoms with Gasteiger partial charge in [0.05, 0.1) is 11.1 Å². The van der Waals surface area contributed by atoms with Gasteiger partial charge in [-0.2, -0.15) is 0 Å². The van der Waals surface area contributed by atoms with Crippen molar-refractivity contribution in [2.24, 2.45) is 0 Å². The maximum absolute atomic E-state index is 12.1. The van der Waals surface area contributed by atoms with Crippen LogP contribution in [-0.4, -0.2) is 30.5 Å². The number of aromatic hydroxyl groups is 1. The van der Waals surface area contributed by atoms with Gasteiger partial charge >= 0.3 is 6.09 Å². The van der Waals surface area contributed by atoms with E-state index in [0.29, 0.717) is 11.5 Å². The van der Waals surface area contributed by atoms with E-state index < -0.39 is 22.5 Å². The van der Waals surface area contributed by atoms with Gasteiger partial charge in [-0.1, -0.05) is 29.0 Å². The molecule has 0 radical (unpaired) electrons. The maximum Gasteiger partial charge on any atom is 0.418 e. The number of hydrogen-bond acceptors (Lipinski definition) is 7. The fourth-order valence-corrected chi connectivity index (χ4v) is 3.57. The Morgan fingerprint density at radius 2 is 1.57 bits per heavy atom. The minimum absolute atomic E-state index is 0.0227. The highest BCUT2D eigenvalue weighted by molar-refractivity contribution is 8.25. The third-order valence-corrected chi connectivity index (χ3v) is 5.23. The summed E-state index contributed by atoms with van der Waals surface area (Å²) in [7, 11) is -3.50. The third kappa shape index (κ3) is 5.47. The molecule has 0 unspecified atom stereocenters. The quantitative estimate of drug-likeness (QED) is 0.396. The zero-order valence-electron chi connectivity index (χ0n) is 16.8. The van der Waals surface area contributed by atoms with E-state index in [1.807, 2.05) is 18.2 Å². The van der Waals surface area contributed by atoms with E-state index in [2.05, 4.69) is 4.72 Å². The molecule has 0 saturated carbocycles. The van der Waals surface area contributed by atoms with Crippen molar-refractivity contribution >= 4 is 22.6 Å². The summed E-state index contributed by atoms with van der Waals surface area (Å²) >= 11 is 0. The molecule has 0 amide bonds. The lowest BCUT2D eigenvalue weighted by molar-refractivity contribution is 0.0536. The Bertz CT molecular complexity index is 1010. The molecule has 1 aromatic heterocycles. The van der Waals surface area contributed by atoms with Gasteiger partial charge in [-0.3, -0.25) is 18.4 Å². The molecule has 8 nitrogen and oxygen atoms in total. The van der Waals surface area contributed by atoms with E-state index in [9.17, 15) is 19.0 Å². The lowest BCUT2D eigenvalue weighted by atomic mass is 10.2. The number of nitrogens with one attached hydrogen (secondary N) is 1. The summed E-state index contributed by atoms with van der Waals surface area (Å²) in [5.74, 6) is 0.854. The number of hydrogen-bond donors (Lipinski definition) is 4. The summed E-state index contributed by atoms with van der Waals surface area (Å²) in [6.45, 7) is 5.15. The predicted molar refractivity (Wildman–Crippen MR) is 115 cm³/mol. The minimum Gasteiger partial charge on any atom is -0.504 e. The first-order chi connectivity index (χ1) is 14.0. The number of para-hydroxylation sites is 1. The molecule has 3 rings (SSSR count). The molecule has 0 aliphatic heterocycles. The standard InChI is InChI=1S/C21H24N2O6S/c1-21(2,3)29-20(25)23-13-18(19(24)14-23)22-30(26,27)17-11-9-16(10-12-17)28-15-7-5-4-6-8-15/h4-14,22,24,26-27H,1-3H3. The number of anilines is 1. The molecule has 0 aliphatic carbocycles. The Labute approximate surface area is 176 Å². The normalized spacial score (nSPS) is 12.3. The smallest absolute Gasteiger partial charge is 0.418 e. The van der Waals surface area contributed by atoms with Gasteiger partial charge in [0.1, 0.15) is 22.8 Å². The van der Waals surface area contributed by atoms with Crippen LogP contribution >= 0.6 is 10.8 Å². The molecule has 0 aliphatic rings. The highest BCUT2D eigenvalue weighted by atomic mass is 32.3. The largest absolute Gasteiger partial charge is 0.504 e. The molecule has 0 atom stereocenters. The van der Waals surface area contributed by atoms with Crippen LogP contribution in [-0.2, 0) is 4.74 Å². The van der Waals surface area contributed by atoms with E-state index >= 15 is 0 Å². The van der Waals surface area contributed by atoms with Gasteiger partial charge in [-0.25, -0.2) is 4.79 Å². The summed E-state index contributed by atoms with van der Waals surface area (Å²) in [4.78, 5) is 12.3. The monoisotopic (exact) mass is 432 g/mol. The number of benzene rings is 2. The number of carbonyl (C=O) groups is 1. The van der Waals surface area contributed by atoms with Crippen molar-refractivity contribution in [3.63, 3.8) is 0 Å². The van der Waals surface area contributed by atoms with E-state index in [1.54, 1.807) is 45.0 Å². The average Bonchev–Trinajstić information content (AvgIpc) is 3.02. The van der Waals surface area contributed by atoms with E-state index in [1.165, 1.54) is 18.3 Å². The lowest BCUT2D eigenvalue weighted by Crippen LogP contribution is -2.26. The molecular weight excluding hydrogens is 408 g/mol. The first kappa shape index (κ1) is 21.6. The van der Waals surface area contributed by atoms with E-state index in [-0.39, 0.29) is 16.3 Å². The number of aromatic nitrogens is 1. The van der Waals surface area contributed by atoms with Crippen LogP contribution in [0, 0.1) is 0 Å². The molecule has 0 spiro atoms. The van der Waals surface area contributed by atoms with Gasteiger partial charge in [-0.05, 0) is 57.2 Å². The topological polar surface area (TPSA) is 113 Å². The molecule has 1 heterocycles. The fraction of sp³-hybridized carbons (Fsp3) is 0.190. The van der Waals surface area contributed by atoms with Crippen LogP contribution in [0.3, 0.4) is 0 Å². The highest BCUT2D eigenvalue weighted by Crippen LogP contribution is 2.49. The molecule has 30 heavy (non-hydrogen) atoms. The Hall–Kier alpha value is -3.14. The molecule has 2 aromatic carbocycles. The van der Waals surface area contributed by atoms with Crippen molar-refractivity contribution in [2.75, 3.05) is 4.72 Å². The second-order valence-corrected chi connectivity index (χ2v) is 9.26. The van der Waals surface area contributed by atoms with Crippen molar-refractivity contribution in [2.45, 2.75) is 31.3 Å². The molecule has 4 N–H and O–H groups in total. The fourth-order valence-electron chi connectivity index (χ4n) is 2.48. The first-order valence-corrected chi connectivity index (χ1v) is 10.6. The van der Waals surface area contributed by atoms with Gasteiger partial charge in [0.2, 0.25) is 0 Å². The lowest BCUT2D eigenvalue weighted by Gasteiger charge is -2.33. The molecule has 160 valence electrons. The van der Waals surface area contributed by atoms with Gasteiger partial charge < -0.3 is 14.6 Å². The molecule has 0 bridgehead atoms. The van der Waals surface area contributed by atoms with Crippen LogP contribution in [0.4, 0.5) is 10.5 Å². The zero-order valence-corrected chi connectivity index (χ0v) is 17.6. The van der Waals surface area contributed by atoms with Crippen molar-refractivity contribution in [3.05, 3.63) is 67.0 Å². The maximum atomic E-state index is 12.1. The number of rotatable bonds is 5. The molecule has 0 fully saturated rings. The minimum atomic E-state index is -3.50. The van der Waals surface area contributed by atoms with Crippen molar-refractivity contribution in [1.29, 1.82) is 0 Å². The van der Waals surface area contributed by atoms with Gasteiger partial charge in [0.25, 0.3) is 0 Å². The Morgan fingerprint density at radius 1 is 0.967 bits per heavy atom. The van der Waals surface area contributed by atoms with Crippen LogP contribution in [0.25, 0.3) is 0 Å². The van der Waals surface area contributed by atoms with Crippen molar-refractivity contribution in [3.8, 4) is 17.2 Å². The Balaban J connectivity index is 1.72. The Kier molecular flexibility index (Phi) is 5.97. The van der Waals surface area contributed by atoms with Crippen LogP contribution in [0.5, 0.6) is 17.2 Å². The number of nitrogens with zero attached hydrogens (tertiary/aromatic N) is 1. The second-order valence-electron chi connectivity index (χ2n) is 7.48.